The van der Waals surface area contributed by atoms with Gasteiger partial charge in [0.1, 0.15) is 0 Å². The van der Waals surface area contributed by atoms with Crippen LogP contribution in [0.1, 0.15) is 47.0 Å². The number of carbonyl (C=O) groups excluding carboxylic acids is 1. The van der Waals surface area contributed by atoms with Gasteiger partial charge < -0.3 is 10.4 Å². The fourth-order valence-corrected chi connectivity index (χ4v) is 2.18. The Hall–Kier alpha value is -1.30. The van der Waals surface area contributed by atoms with Crippen molar-refractivity contribution < 1.29 is 14.7 Å². The Morgan fingerprint density at radius 1 is 1.26 bits per heavy atom. The molecule has 19 heavy (non-hydrogen) atoms. The largest absolute Gasteiger partial charge is 0.481 e. The number of carbonyl (C=O) groups is 2. The first-order valence-corrected chi connectivity index (χ1v) is 6.80. The number of urea groups is 1. The summed E-state index contributed by atoms with van der Waals surface area (Å²) in [6.07, 6.45) is 3.30. The van der Waals surface area contributed by atoms with Gasteiger partial charge in [-0.15, -0.1) is 0 Å². The van der Waals surface area contributed by atoms with Crippen LogP contribution in [0.25, 0.3) is 0 Å². The second kappa shape index (κ2) is 6.23. The van der Waals surface area contributed by atoms with Crippen LogP contribution in [0, 0.1) is 5.41 Å². The zero-order chi connectivity index (χ0) is 14.6. The molecule has 1 heterocycles. The molecule has 3 N–H and O–H groups in total. The van der Waals surface area contributed by atoms with Crippen LogP contribution in [0.3, 0.4) is 0 Å². The van der Waals surface area contributed by atoms with E-state index in [1.165, 1.54) is 6.42 Å². The Morgan fingerprint density at radius 3 is 2.26 bits per heavy atom. The maximum atomic E-state index is 11.8. The quantitative estimate of drug-likeness (QED) is 0.725. The standard InChI is InChI=1S/C13H25N3O3/c1-9-6-5-7-10(2)16(9)15-12(19)14-8-13(3,4)11(17)18/h9-10H,5-8H2,1-4H3,(H,17,18)(H2,14,15,19). The van der Waals surface area contributed by atoms with Crippen LogP contribution in [0.2, 0.25) is 0 Å². The molecule has 0 aromatic rings. The normalized spacial score (nSPS) is 24.8. The van der Waals surface area contributed by atoms with Crippen LogP contribution in [0.4, 0.5) is 4.79 Å². The Labute approximate surface area is 114 Å². The summed E-state index contributed by atoms with van der Waals surface area (Å²) in [4.78, 5) is 22.8. The molecule has 0 saturated carbocycles. The third-order valence-corrected chi connectivity index (χ3v) is 3.69. The summed E-state index contributed by atoms with van der Waals surface area (Å²) in [5.41, 5.74) is 1.86. The molecule has 1 saturated heterocycles. The molecule has 6 heteroatoms. The summed E-state index contributed by atoms with van der Waals surface area (Å²) >= 11 is 0. The van der Waals surface area contributed by atoms with Crippen molar-refractivity contribution >= 4 is 12.0 Å². The van der Waals surface area contributed by atoms with E-state index in [9.17, 15) is 9.59 Å². The molecular formula is C13H25N3O3. The smallest absolute Gasteiger partial charge is 0.329 e. The monoisotopic (exact) mass is 271 g/mol. The minimum Gasteiger partial charge on any atom is -0.481 e. The fraction of sp³-hybridized carbons (Fsp3) is 0.846. The van der Waals surface area contributed by atoms with E-state index in [1.54, 1.807) is 13.8 Å². The zero-order valence-corrected chi connectivity index (χ0v) is 12.2. The van der Waals surface area contributed by atoms with Crippen LogP contribution in [0.5, 0.6) is 0 Å². The minimum absolute atomic E-state index is 0.102. The van der Waals surface area contributed by atoms with E-state index in [4.69, 9.17) is 5.11 Å². The Kier molecular flexibility index (Phi) is 5.17. The number of nitrogens with one attached hydrogen (secondary N) is 2. The molecule has 0 radical (unpaired) electrons. The number of nitrogens with zero attached hydrogens (tertiary/aromatic N) is 1. The van der Waals surface area contributed by atoms with Crippen molar-refractivity contribution in [2.75, 3.05) is 6.54 Å². The molecule has 6 nitrogen and oxygen atoms in total. The number of carboxylic acids is 1. The van der Waals surface area contributed by atoms with Crippen molar-refractivity contribution in [3.8, 4) is 0 Å². The van der Waals surface area contributed by atoms with E-state index in [-0.39, 0.29) is 12.6 Å². The van der Waals surface area contributed by atoms with Crippen molar-refractivity contribution in [2.45, 2.75) is 59.0 Å². The highest BCUT2D eigenvalue weighted by atomic mass is 16.4. The zero-order valence-electron chi connectivity index (χ0n) is 12.2. The number of rotatable bonds is 4. The highest BCUT2D eigenvalue weighted by Crippen LogP contribution is 2.20. The lowest BCUT2D eigenvalue weighted by molar-refractivity contribution is -0.146. The van der Waals surface area contributed by atoms with E-state index >= 15 is 0 Å². The lowest BCUT2D eigenvalue weighted by atomic mass is 9.94. The van der Waals surface area contributed by atoms with E-state index in [0.717, 1.165) is 12.8 Å². The molecule has 0 aromatic carbocycles. The van der Waals surface area contributed by atoms with Gasteiger partial charge in [0.25, 0.3) is 0 Å². The maximum absolute atomic E-state index is 11.8. The second-order valence-electron chi connectivity index (χ2n) is 6.02. The third kappa shape index (κ3) is 4.38. The van der Waals surface area contributed by atoms with Gasteiger partial charge in [-0.3, -0.25) is 10.2 Å². The predicted molar refractivity (Wildman–Crippen MR) is 72.6 cm³/mol. The molecule has 110 valence electrons. The third-order valence-electron chi connectivity index (χ3n) is 3.69. The van der Waals surface area contributed by atoms with Crippen LogP contribution in [-0.4, -0.2) is 40.7 Å². The Morgan fingerprint density at radius 2 is 1.79 bits per heavy atom. The number of amides is 2. The molecule has 1 fully saturated rings. The number of hydrogen-bond donors (Lipinski definition) is 3. The molecule has 0 spiro atoms. The van der Waals surface area contributed by atoms with Gasteiger partial charge in [-0.25, -0.2) is 9.80 Å². The molecule has 0 aromatic heterocycles. The Bertz CT molecular complexity index is 334. The van der Waals surface area contributed by atoms with Crippen LogP contribution in [-0.2, 0) is 4.79 Å². The molecule has 2 unspecified atom stereocenters. The summed E-state index contributed by atoms with van der Waals surface area (Å²) in [7, 11) is 0. The van der Waals surface area contributed by atoms with Crippen molar-refractivity contribution in [1.82, 2.24) is 15.8 Å². The number of hydrazine groups is 1. The first kappa shape index (κ1) is 15.8. The van der Waals surface area contributed by atoms with Crippen LogP contribution in [0.15, 0.2) is 0 Å². The predicted octanol–water partition coefficient (Wildman–Crippen LogP) is 1.57. The summed E-state index contributed by atoms with van der Waals surface area (Å²) in [6.45, 7) is 7.43. The van der Waals surface area contributed by atoms with Crippen molar-refractivity contribution in [3.05, 3.63) is 0 Å². The van der Waals surface area contributed by atoms with Gasteiger partial charge in [0.2, 0.25) is 0 Å². The van der Waals surface area contributed by atoms with Gasteiger partial charge in [-0.2, -0.15) is 0 Å². The first-order chi connectivity index (χ1) is 8.74. The average Bonchev–Trinajstić information content (AvgIpc) is 2.31. The average molecular weight is 271 g/mol. The van der Waals surface area contributed by atoms with E-state index in [2.05, 4.69) is 24.6 Å². The molecule has 2 atom stereocenters. The summed E-state index contributed by atoms with van der Waals surface area (Å²) in [5, 5.41) is 13.5. The van der Waals surface area contributed by atoms with Crippen molar-refractivity contribution in [3.63, 3.8) is 0 Å². The molecule has 2 amide bonds. The fourth-order valence-electron chi connectivity index (χ4n) is 2.18. The van der Waals surface area contributed by atoms with Gasteiger partial charge >= 0.3 is 12.0 Å². The van der Waals surface area contributed by atoms with E-state index in [0.29, 0.717) is 12.1 Å². The molecule has 1 aliphatic rings. The topological polar surface area (TPSA) is 81.7 Å². The second-order valence-corrected chi connectivity index (χ2v) is 6.02. The summed E-state index contributed by atoms with van der Waals surface area (Å²) in [6, 6.07) is 0.277. The van der Waals surface area contributed by atoms with E-state index in [1.807, 2.05) is 5.01 Å². The van der Waals surface area contributed by atoms with Crippen LogP contribution >= 0.6 is 0 Å². The molecule has 0 bridgehead atoms. The lowest BCUT2D eigenvalue weighted by Crippen LogP contribution is -2.57. The maximum Gasteiger partial charge on any atom is 0.329 e. The molecule has 1 aliphatic heterocycles. The van der Waals surface area contributed by atoms with Gasteiger partial charge in [-0.1, -0.05) is 6.42 Å². The highest BCUT2D eigenvalue weighted by molar-refractivity contribution is 5.77. The van der Waals surface area contributed by atoms with Crippen molar-refractivity contribution in [2.24, 2.45) is 5.41 Å². The number of carboxylic acid groups (broad SMARTS) is 1. The van der Waals surface area contributed by atoms with Crippen LogP contribution < -0.4 is 10.7 Å². The SMILES string of the molecule is CC1CCCC(C)N1NC(=O)NCC(C)(C)C(=O)O. The van der Waals surface area contributed by atoms with Gasteiger partial charge in [0, 0.05) is 18.6 Å². The summed E-state index contributed by atoms with van der Waals surface area (Å²) in [5.74, 6) is -0.924. The van der Waals surface area contributed by atoms with E-state index < -0.39 is 11.4 Å². The van der Waals surface area contributed by atoms with Gasteiger partial charge in [0.05, 0.1) is 5.41 Å². The molecule has 1 rings (SSSR count). The number of aliphatic carboxylic acids is 1. The summed E-state index contributed by atoms with van der Waals surface area (Å²) < 4.78 is 0. The first-order valence-electron chi connectivity index (χ1n) is 6.80. The van der Waals surface area contributed by atoms with Gasteiger partial charge in [-0.05, 0) is 40.5 Å². The van der Waals surface area contributed by atoms with Gasteiger partial charge in [0.15, 0.2) is 0 Å². The minimum atomic E-state index is -0.962. The highest BCUT2D eigenvalue weighted by Gasteiger charge is 2.29. The number of piperidine rings is 1. The number of hydrogen-bond acceptors (Lipinski definition) is 3. The Balaban J connectivity index is 2.44. The molecular weight excluding hydrogens is 246 g/mol. The lowest BCUT2D eigenvalue weighted by Gasteiger charge is -2.38. The molecule has 0 aliphatic carbocycles. The van der Waals surface area contributed by atoms with Crippen molar-refractivity contribution in [1.29, 1.82) is 0 Å².